The SMILES string of the molecule is CC(C)(C)[O][Al+2]. The van der Waals surface area contributed by atoms with E-state index in [4.69, 9.17) is 3.79 Å². The molecule has 32 valence electrons. The summed E-state index contributed by atoms with van der Waals surface area (Å²) in [6.07, 6.45) is 0. The fourth-order valence-corrected chi connectivity index (χ4v) is 0. The monoisotopic (exact) mass is 100 g/mol. The molecule has 0 aliphatic rings. The molecular formula is C4H9AlO+2. The molecule has 0 heterocycles. The van der Waals surface area contributed by atoms with E-state index in [0.717, 1.165) is 0 Å². The van der Waals surface area contributed by atoms with E-state index in [1.54, 1.807) is 0 Å². The third-order valence-electron chi connectivity index (χ3n) is 0.354. The number of hydrogen-bond acceptors (Lipinski definition) is 1. The molecule has 0 amide bonds. The first-order chi connectivity index (χ1) is 2.56. The first-order valence-electron chi connectivity index (χ1n) is 1.94. The van der Waals surface area contributed by atoms with Gasteiger partial charge in [-0.15, -0.1) is 0 Å². The summed E-state index contributed by atoms with van der Waals surface area (Å²) in [5.74, 6) is 0. The Bertz CT molecular complexity index is 37.3. The van der Waals surface area contributed by atoms with Crippen molar-refractivity contribution in [3.05, 3.63) is 0 Å². The number of hydrogen-bond donors (Lipinski definition) is 0. The second-order valence-corrected chi connectivity index (χ2v) is 2.47. The van der Waals surface area contributed by atoms with E-state index in [0.29, 0.717) is 0 Å². The molecule has 0 saturated heterocycles. The van der Waals surface area contributed by atoms with E-state index < -0.39 is 0 Å². The molecule has 0 N–H and O–H groups in total. The molecule has 0 saturated carbocycles. The first kappa shape index (κ1) is 6.49. The summed E-state index contributed by atoms with van der Waals surface area (Å²) >= 11 is 2.22. The fourth-order valence-electron chi connectivity index (χ4n) is 0. The van der Waals surface area contributed by atoms with Crippen molar-refractivity contribution in [3.8, 4) is 0 Å². The first-order valence-corrected chi connectivity index (χ1v) is 2.41. The second kappa shape index (κ2) is 1.97. The topological polar surface area (TPSA) is 9.23 Å². The molecule has 0 spiro atoms. The van der Waals surface area contributed by atoms with Gasteiger partial charge in [0.1, 0.15) is 0 Å². The van der Waals surface area contributed by atoms with Crippen LogP contribution < -0.4 is 0 Å². The molecule has 0 radical (unpaired) electrons. The fraction of sp³-hybridized carbons (Fsp3) is 1.00. The van der Waals surface area contributed by atoms with Crippen LogP contribution in [-0.2, 0) is 3.79 Å². The van der Waals surface area contributed by atoms with Gasteiger partial charge < -0.3 is 0 Å². The van der Waals surface area contributed by atoms with Crippen molar-refractivity contribution in [2.45, 2.75) is 26.4 Å². The Labute approximate surface area is 47.4 Å². The van der Waals surface area contributed by atoms with E-state index >= 15 is 0 Å². The van der Waals surface area contributed by atoms with Gasteiger partial charge in [-0.1, -0.05) is 0 Å². The van der Waals surface area contributed by atoms with Gasteiger partial charge in [-0.05, 0) is 0 Å². The molecule has 0 rings (SSSR count). The third kappa shape index (κ3) is 4.49. The Balaban J connectivity index is 3.17. The van der Waals surface area contributed by atoms with Crippen LogP contribution in [0.4, 0.5) is 0 Å². The van der Waals surface area contributed by atoms with Crippen LogP contribution in [-0.4, -0.2) is 22.2 Å². The van der Waals surface area contributed by atoms with Crippen molar-refractivity contribution < 1.29 is 3.79 Å². The Morgan fingerprint density at radius 3 is 1.50 bits per heavy atom. The van der Waals surface area contributed by atoms with Gasteiger partial charge in [0.05, 0.1) is 0 Å². The normalized spacial score (nSPS) is 12.2. The van der Waals surface area contributed by atoms with Gasteiger partial charge >= 0.3 is 46.8 Å². The van der Waals surface area contributed by atoms with Crippen molar-refractivity contribution in [3.63, 3.8) is 0 Å². The molecule has 6 heavy (non-hydrogen) atoms. The molecule has 0 fully saturated rings. The molecule has 1 nitrogen and oxygen atoms in total. The molecule has 0 aromatic heterocycles. The molecular weight excluding hydrogens is 91.0 g/mol. The van der Waals surface area contributed by atoms with Crippen molar-refractivity contribution in [1.29, 1.82) is 0 Å². The molecule has 0 bridgehead atoms. The molecule has 0 unspecified atom stereocenters. The summed E-state index contributed by atoms with van der Waals surface area (Å²) < 4.78 is 4.85. The Kier molecular flexibility index (Phi) is 2.14. The molecule has 0 atom stereocenters. The zero-order valence-corrected chi connectivity index (χ0v) is 5.64. The van der Waals surface area contributed by atoms with Crippen LogP contribution in [0.2, 0.25) is 0 Å². The predicted molar refractivity (Wildman–Crippen MR) is 26.6 cm³/mol. The molecule has 0 aliphatic heterocycles. The maximum atomic E-state index is 4.85. The zero-order valence-electron chi connectivity index (χ0n) is 4.49. The summed E-state index contributed by atoms with van der Waals surface area (Å²) in [4.78, 5) is 0. The van der Waals surface area contributed by atoms with Gasteiger partial charge in [-0.2, -0.15) is 0 Å². The maximum absolute atomic E-state index is 4.85. The van der Waals surface area contributed by atoms with Crippen LogP contribution in [0.3, 0.4) is 0 Å². The minimum absolute atomic E-state index is 0.00463. The van der Waals surface area contributed by atoms with Crippen molar-refractivity contribution in [2.24, 2.45) is 0 Å². The molecule has 0 aromatic carbocycles. The van der Waals surface area contributed by atoms with Crippen LogP contribution in [0.15, 0.2) is 0 Å². The average Bonchev–Trinajstić information content (AvgIpc) is 1.35. The quantitative estimate of drug-likeness (QED) is 0.411. The molecule has 2 heteroatoms. The van der Waals surface area contributed by atoms with Gasteiger partial charge in [-0.25, -0.2) is 0 Å². The summed E-state index contributed by atoms with van der Waals surface area (Å²) in [6.45, 7) is 6.00. The molecule has 0 aliphatic carbocycles. The average molecular weight is 100 g/mol. The number of rotatable bonds is 0. The Morgan fingerprint density at radius 1 is 1.33 bits per heavy atom. The van der Waals surface area contributed by atoms with Gasteiger partial charge in [0.25, 0.3) is 0 Å². The summed E-state index contributed by atoms with van der Waals surface area (Å²) in [6, 6.07) is 0. The van der Waals surface area contributed by atoms with E-state index in [-0.39, 0.29) is 5.60 Å². The minimum atomic E-state index is 0.00463. The van der Waals surface area contributed by atoms with E-state index in [2.05, 4.69) is 16.6 Å². The van der Waals surface area contributed by atoms with Crippen molar-refractivity contribution in [1.82, 2.24) is 0 Å². The Morgan fingerprint density at radius 2 is 1.50 bits per heavy atom. The van der Waals surface area contributed by atoms with Gasteiger partial charge in [-0.3, -0.25) is 0 Å². The van der Waals surface area contributed by atoms with Gasteiger partial charge in [0, 0.05) is 0 Å². The van der Waals surface area contributed by atoms with Crippen molar-refractivity contribution >= 4 is 16.6 Å². The zero-order chi connectivity index (χ0) is 5.21. The standard InChI is InChI=1S/C4H9O.Al/c1-4(2,3)5;/h1-3H3;/q-1;+3. The van der Waals surface area contributed by atoms with E-state index in [1.165, 1.54) is 0 Å². The van der Waals surface area contributed by atoms with Gasteiger partial charge in [0.2, 0.25) is 0 Å². The summed E-state index contributed by atoms with van der Waals surface area (Å²) in [7, 11) is 0. The van der Waals surface area contributed by atoms with Crippen LogP contribution in [0.1, 0.15) is 20.8 Å². The van der Waals surface area contributed by atoms with Crippen LogP contribution in [0, 0.1) is 0 Å². The van der Waals surface area contributed by atoms with Crippen LogP contribution >= 0.6 is 0 Å². The third-order valence-corrected chi connectivity index (χ3v) is 1.06. The summed E-state index contributed by atoms with van der Waals surface area (Å²) in [5, 5.41) is 0. The Hall–Kier alpha value is 0.492. The summed E-state index contributed by atoms with van der Waals surface area (Å²) in [5.41, 5.74) is 0.00463. The van der Waals surface area contributed by atoms with Crippen LogP contribution in [0.5, 0.6) is 0 Å². The predicted octanol–water partition coefficient (Wildman–Crippen LogP) is 0.885. The van der Waals surface area contributed by atoms with Crippen LogP contribution in [0.25, 0.3) is 0 Å². The van der Waals surface area contributed by atoms with E-state index in [9.17, 15) is 0 Å². The molecule has 0 aromatic rings. The van der Waals surface area contributed by atoms with Gasteiger partial charge in [0.15, 0.2) is 0 Å². The van der Waals surface area contributed by atoms with Crippen molar-refractivity contribution in [2.75, 3.05) is 0 Å². The second-order valence-electron chi connectivity index (χ2n) is 2.23. The van der Waals surface area contributed by atoms with E-state index in [1.807, 2.05) is 20.8 Å².